The van der Waals surface area contributed by atoms with Crippen molar-refractivity contribution in [1.29, 1.82) is 0 Å². The maximum Gasteiger partial charge on any atom is 0.225 e. The Labute approximate surface area is 115 Å². The lowest BCUT2D eigenvalue weighted by Gasteiger charge is -2.03. The molecule has 1 amide bonds. The van der Waals surface area contributed by atoms with Crippen molar-refractivity contribution in [3.8, 4) is 10.7 Å². The van der Waals surface area contributed by atoms with Crippen LogP contribution in [0.4, 0.5) is 0 Å². The van der Waals surface area contributed by atoms with E-state index in [0.29, 0.717) is 5.82 Å². The summed E-state index contributed by atoms with van der Waals surface area (Å²) in [5, 5.41) is 4.37. The average Bonchev–Trinajstić information content (AvgIpc) is 2.92. The first kappa shape index (κ1) is 13.7. The zero-order valence-electron chi connectivity index (χ0n) is 11.1. The van der Waals surface area contributed by atoms with Crippen molar-refractivity contribution in [2.45, 2.75) is 39.7 Å². The Balaban J connectivity index is 2.36. The zero-order chi connectivity index (χ0) is 13.8. The number of hydrogen-bond acceptors (Lipinski definition) is 5. The molecule has 0 aliphatic carbocycles. The smallest absolute Gasteiger partial charge is 0.225 e. The number of hydrogen-bond donors (Lipinski definition) is 1. The van der Waals surface area contributed by atoms with E-state index in [0.717, 1.165) is 35.8 Å². The molecule has 0 saturated heterocycles. The molecule has 0 aromatic carbocycles. The largest absolute Gasteiger partial charge is 0.369 e. The van der Waals surface area contributed by atoms with Crippen LogP contribution in [0.1, 0.15) is 31.3 Å². The number of carbonyl (C=O) groups excluding carboxylic acids is 1. The van der Waals surface area contributed by atoms with Crippen LogP contribution in [0, 0.1) is 6.92 Å². The van der Waals surface area contributed by atoms with Gasteiger partial charge in [0.2, 0.25) is 5.91 Å². The minimum Gasteiger partial charge on any atom is -0.369 e. The number of amides is 1. The Hall–Kier alpha value is -1.76. The van der Waals surface area contributed by atoms with Crippen LogP contribution in [0.25, 0.3) is 10.7 Å². The predicted molar refractivity (Wildman–Crippen MR) is 73.7 cm³/mol. The minimum atomic E-state index is -0.416. The highest BCUT2D eigenvalue weighted by molar-refractivity contribution is 7.13. The van der Waals surface area contributed by atoms with Gasteiger partial charge in [0.15, 0.2) is 11.6 Å². The number of nitrogens with two attached hydrogens (primary N) is 1. The Bertz CT molecular complexity index is 574. The van der Waals surface area contributed by atoms with Crippen LogP contribution in [0.3, 0.4) is 0 Å². The molecule has 0 fully saturated rings. The van der Waals surface area contributed by atoms with Gasteiger partial charge in [0.1, 0.15) is 0 Å². The fourth-order valence-corrected chi connectivity index (χ4v) is 2.56. The maximum absolute atomic E-state index is 11.0. The summed E-state index contributed by atoms with van der Waals surface area (Å²) >= 11 is 1.53. The summed E-state index contributed by atoms with van der Waals surface area (Å²) in [6.07, 6.45) is 2.17. The van der Waals surface area contributed by atoms with Gasteiger partial charge >= 0.3 is 0 Å². The van der Waals surface area contributed by atoms with Crippen molar-refractivity contribution < 1.29 is 4.79 Å². The quantitative estimate of drug-likeness (QED) is 0.869. The van der Waals surface area contributed by atoms with Crippen LogP contribution >= 0.6 is 11.3 Å². The summed E-state index contributed by atoms with van der Waals surface area (Å²) < 4.78 is 1.85. The fraction of sp³-hybridized carbons (Fsp3) is 0.500. The first-order chi connectivity index (χ1) is 9.11. The van der Waals surface area contributed by atoms with Gasteiger partial charge in [-0.2, -0.15) is 5.10 Å². The first-order valence-electron chi connectivity index (χ1n) is 6.24. The first-order valence-corrected chi connectivity index (χ1v) is 7.12. The molecular formula is C12H17N5OS. The number of thiazole rings is 1. The van der Waals surface area contributed by atoms with Crippen molar-refractivity contribution in [1.82, 2.24) is 19.7 Å². The number of primary amides is 1. The topological polar surface area (TPSA) is 86.7 Å². The Morgan fingerprint density at radius 2 is 2.32 bits per heavy atom. The lowest BCUT2D eigenvalue weighted by atomic mass is 10.3. The lowest BCUT2D eigenvalue weighted by molar-refractivity contribution is -0.117. The van der Waals surface area contributed by atoms with Crippen molar-refractivity contribution in [3.63, 3.8) is 0 Å². The van der Waals surface area contributed by atoms with Gasteiger partial charge in [0.05, 0.1) is 22.5 Å². The Morgan fingerprint density at radius 3 is 2.89 bits per heavy atom. The fourth-order valence-electron chi connectivity index (χ4n) is 1.77. The van der Waals surface area contributed by atoms with Crippen molar-refractivity contribution in [2.75, 3.05) is 0 Å². The third-order valence-corrected chi connectivity index (χ3v) is 3.64. The van der Waals surface area contributed by atoms with E-state index in [1.807, 2.05) is 11.6 Å². The SMILES string of the molecule is CCCCn1nc(CC(N)=O)nc1-c1scnc1C. The number of rotatable bonds is 6. The number of nitrogens with zero attached hydrogens (tertiary/aromatic N) is 4. The van der Waals surface area contributed by atoms with Crippen molar-refractivity contribution in [3.05, 3.63) is 17.0 Å². The van der Waals surface area contributed by atoms with Crippen LogP contribution in [-0.4, -0.2) is 25.7 Å². The molecule has 6 nitrogen and oxygen atoms in total. The van der Waals surface area contributed by atoms with E-state index in [1.54, 1.807) is 5.51 Å². The number of unbranched alkanes of at least 4 members (excludes halogenated alkanes) is 1. The monoisotopic (exact) mass is 279 g/mol. The van der Waals surface area contributed by atoms with E-state index in [4.69, 9.17) is 5.73 Å². The molecule has 0 aliphatic rings. The zero-order valence-corrected chi connectivity index (χ0v) is 11.9. The molecule has 2 aromatic rings. The summed E-state index contributed by atoms with van der Waals surface area (Å²) in [6, 6.07) is 0. The molecule has 0 radical (unpaired) electrons. The molecule has 0 atom stereocenters. The van der Waals surface area contributed by atoms with Crippen LogP contribution in [0.15, 0.2) is 5.51 Å². The molecule has 102 valence electrons. The second kappa shape index (κ2) is 5.92. The molecule has 0 unspecified atom stereocenters. The summed E-state index contributed by atoms with van der Waals surface area (Å²) in [5.74, 6) is 0.844. The molecule has 0 spiro atoms. The van der Waals surface area contributed by atoms with Crippen LogP contribution in [0.2, 0.25) is 0 Å². The Kier molecular flexibility index (Phi) is 4.26. The van der Waals surface area contributed by atoms with Gasteiger partial charge in [-0.25, -0.2) is 14.6 Å². The molecule has 2 N–H and O–H groups in total. The molecule has 0 bridgehead atoms. The molecule has 0 aliphatic heterocycles. The Morgan fingerprint density at radius 1 is 1.53 bits per heavy atom. The van der Waals surface area contributed by atoms with Gasteiger partial charge in [0, 0.05) is 6.54 Å². The highest BCUT2D eigenvalue weighted by atomic mass is 32.1. The highest BCUT2D eigenvalue weighted by Gasteiger charge is 2.16. The van der Waals surface area contributed by atoms with Crippen LogP contribution < -0.4 is 5.73 Å². The normalized spacial score (nSPS) is 10.8. The van der Waals surface area contributed by atoms with Crippen molar-refractivity contribution in [2.24, 2.45) is 5.73 Å². The van der Waals surface area contributed by atoms with E-state index in [9.17, 15) is 4.79 Å². The van der Waals surface area contributed by atoms with Crippen LogP contribution in [0.5, 0.6) is 0 Å². The van der Waals surface area contributed by atoms with E-state index >= 15 is 0 Å². The number of carbonyl (C=O) groups is 1. The van der Waals surface area contributed by atoms with Gasteiger partial charge in [-0.05, 0) is 13.3 Å². The van der Waals surface area contributed by atoms with Gasteiger partial charge < -0.3 is 5.73 Å². The predicted octanol–water partition coefficient (Wildman–Crippen LogP) is 1.54. The second-order valence-electron chi connectivity index (χ2n) is 4.34. The molecule has 0 saturated carbocycles. The standard InChI is InChI=1S/C12H17N5OS/c1-3-4-5-17-12(11-8(2)14-7-19-11)15-10(16-17)6-9(13)18/h7H,3-6H2,1-2H3,(H2,13,18). The molecule has 2 aromatic heterocycles. The third-order valence-electron chi connectivity index (χ3n) is 2.72. The summed E-state index contributed by atoms with van der Waals surface area (Å²) in [4.78, 5) is 20.6. The molecule has 2 heterocycles. The lowest BCUT2D eigenvalue weighted by Crippen LogP contribution is -2.14. The van der Waals surface area contributed by atoms with E-state index in [2.05, 4.69) is 22.0 Å². The minimum absolute atomic E-state index is 0.0734. The summed E-state index contributed by atoms with van der Waals surface area (Å²) in [7, 11) is 0. The van der Waals surface area contributed by atoms with Crippen molar-refractivity contribution >= 4 is 17.2 Å². The maximum atomic E-state index is 11.0. The highest BCUT2D eigenvalue weighted by Crippen LogP contribution is 2.25. The van der Waals surface area contributed by atoms with E-state index in [-0.39, 0.29) is 6.42 Å². The summed E-state index contributed by atoms with van der Waals surface area (Å²) in [6.45, 7) is 4.85. The van der Waals surface area contributed by atoms with E-state index < -0.39 is 5.91 Å². The van der Waals surface area contributed by atoms with Gasteiger partial charge in [-0.3, -0.25) is 4.79 Å². The average molecular weight is 279 g/mol. The van der Waals surface area contributed by atoms with Crippen LogP contribution in [-0.2, 0) is 17.8 Å². The molecule has 7 heteroatoms. The van der Waals surface area contributed by atoms with Gasteiger partial charge in [-0.15, -0.1) is 11.3 Å². The molecular weight excluding hydrogens is 262 g/mol. The number of aromatic nitrogens is 4. The van der Waals surface area contributed by atoms with Gasteiger partial charge in [0.25, 0.3) is 0 Å². The van der Waals surface area contributed by atoms with Gasteiger partial charge in [-0.1, -0.05) is 13.3 Å². The molecule has 19 heavy (non-hydrogen) atoms. The third kappa shape index (κ3) is 3.17. The number of aryl methyl sites for hydroxylation is 2. The second-order valence-corrected chi connectivity index (χ2v) is 5.19. The summed E-state index contributed by atoms with van der Waals surface area (Å²) in [5.41, 5.74) is 7.91. The molecule has 2 rings (SSSR count). The van der Waals surface area contributed by atoms with E-state index in [1.165, 1.54) is 11.3 Å².